The van der Waals surface area contributed by atoms with E-state index >= 15 is 0 Å². The van der Waals surface area contributed by atoms with Gasteiger partial charge in [0.15, 0.2) is 0 Å². The van der Waals surface area contributed by atoms with Gasteiger partial charge in [0.05, 0.1) is 0 Å². The van der Waals surface area contributed by atoms with Crippen LogP contribution in [0.5, 0.6) is 0 Å². The van der Waals surface area contributed by atoms with Crippen LogP contribution in [-0.4, -0.2) is 6.29 Å². The summed E-state index contributed by atoms with van der Waals surface area (Å²) in [5, 5.41) is 0. The lowest BCUT2D eigenvalue weighted by Gasteiger charge is -2.29. The Morgan fingerprint density at radius 3 is 2.42 bits per heavy atom. The molecule has 124 valence electrons. The van der Waals surface area contributed by atoms with Crippen molar-refractivity contribution in [2.24, 2.45) is 5.92 Å². The molecule has 0 unspecified atom stereocenters. The summed E-state index contributed by atoms with van der Waals surface area (Å²) < 4.78 is 0. The van der Waals surface area contributed by atoms with Gasteiger partial charge in [-0.15, -0.1) is 0 Å². The average Bonchev–Trinajstić information content (AvgIpc) is 2.67. The molecule has 3 rings (SSSR count). The molecule has 0 spiro atoms. The fraction of sp³-hybridized carbons (Fsp3) is 0.348. The van der Waals surface area contributed by atoms with Crippen LogP contribution < -0.4 is 0 Å². The van der Waals surface area contributed by atoms with Crippen molar-refractivity contribution in [3.05, 3.63) is 71.8 Å². The van der Waals surface area contributed by atoms with Crippen molar-refractivity contribution in [1.29, 1.82) is 0 Å². The van der Waals surface area contributed by atoms with Crippen LogP contribution >= 0.6 is 0 Å². The van der Waals surface area contributed by atoms with Crippen molar-refractivity contribution in [1.82, 2.24) is 0 Å². The molecule has 0 amide bonds. The van der Waals surface area contributed by atoms with E-state index in [1.54, 1.807) is 0 Å². The predicted molar refractivity (Wildman–Crippen MR) is 101 cm³/mol. The SMILES string of the molecule is CCC=CC1CCC(c2cc(C=O)ccc2-c2ccccc2)CC1. The molecule has 1 nitrogen and oxygen atoms in total. The number of benzene rings is 2. The Morgan fingerprint density at radius 2 is 1.75 bits per heavy atom. The predicted octanol–water partition coefficient (Wildman–Crippen LogP) is 6.41. The molecule has 2 aromatic rings. The van der Waals surface area contributed by atoms with Gasteiger partial charge in [0.1, 0.15) is 6.29 Å². The molecule has 0 radical (unpaired) electrons. The van der Waals surface area contributed by atoms with Gasteiger partial charge in [-0.2, -0.15) is 0 Å². The second-order valence-electron chi connectivity index (χ2n) is 6.78. The van der Waals surface area contributed by atoms with Gasteiger partial charge in [-0.05, 0) is 66.7 Å². The van der Waals surface area contributed by atoms with Crippen LogP contribution in [0.25, 0.3) is 11.1 Å². The summed E-state index contributed by atoms with van der Waals surface area (Å²) >= 11 is 0. The van der Waals surface area contributed by atoms with Crippen LogP contribution in [0.15, 0.2) is 60.7 Å². The second-order valence-corrected chi connectivity index (χ2v) is 6.78. The summed E-state index contributed by atoms with van der Waals surface area (Å²) in [5.74, 6) is 1.29. The van der Waals surface area contributed by atoms with Crippen LogP contribution in [0.4, 0.5) is 0 Å². The first-order valence-corrected chi connectivity index (χ1v) is 9.13. The maximum atomic E-state index is 11.3. The zero-order valence-corrected chi connectivity index (χ0v) is 14.4. The topological polar surface area (TPSA) is 17.1 Å². The minimum absolute atomic E-state index is 0.561. The zero-order chi connectivity index (χ0) is 16.8. The number of carbonyl (C=O) groups is 1. The Morgan fingerprint density at radius 1 is 1.00 bits per heavy atom. The van der Waals surface area contributed by atoms with Crippen molar-refractivity contribution in [2.75, 3.05) is 0 Å². The molecular formula is C23H26O. The van der Waals surface area contributed by atoms with E-state index in [1.165, 1.54) is 42.4 Å². The van der Waals surface area contributed by atoms with Gasteiger partial charge in [-0.3, -0.25) is 4.79 Å². The monoisotopic (exact) mass is 318 g/mol. The fourth-order valence-electron chi connectivity index (χ4n) is 3.82. The first-order valence-electron chi connectivity index (χ1n) is 9.13. The molecule has 1 heteroatoms. The molecule has 0 aliphatic heterocycles. The maximum absolute atomic E-state index is 11.3. The number of hydrogen-bond acceptors (Lipinski definition) is 1. The molecule has 1 aliphatic carbocycles. The minimum atomic E-state index is 0.561. The first-order chi connectivity index (χ1) is 11.8. The molecule has 1 fully saturated rings. The third-order valence-corrected chi connectivity index (χ3v) is 5.15. The molecule has 0 bridgehead atoms. The highest BCUT2D eigenvalue weighted by atomic mass is 16.1. The third kappa shape index (κ3) is 3.84. The van der Waals surface area contributed by atoms with E-state index in [1.807, 2.05) is 12.1 Å². The van der Waals surface area contributed by atoms with Gasteiger partial charge < -0.3 is 0 Å². The molecule has 24 heavy (non-hydrogen) atoms. The lowest BCUT2D eigenvalue weighted by Crippen LogP contribution is -2.13. The van der Waals surface area contributed by atoms with Crippen LogP contribution in [0, 0.1) is 5.92 Å². The molecule has 0 N–H and O–H groups in total. The molecule has 0 heterocycles. The lowest BCUT2D eigenvalue weighted by molar-refractivity contribution is 0.112. The third-order valence-electron chi connectivity index (χ3n) is 5.15. The van der Waals surface area contributed by atoms with E-state index in [0.717, 1.165) is 24.2 Å². The summed E-state index contributed by atoms with van der Waals surface area (Å²) in [5.41, 5.74) is 4.67. The molecular weight excluding hydrogens is 292 g/mol. The van der Waals surface area contributed by atoms with E-state index in [9.17, 15) is 4.79 Å². The van der Waals surface area contributed by atoms with Gasteiger partial charge in [0, 0.05) is 5.56 Å². The zero-order valence-electron chi connectivity index (χ0n) is 14.4. The Hall–Kier alpha value is -2.15. The molecule has 0 atom stereocenters. The highest BCUT2D eigenvalue weighted by Gasteiger charge is 2.23. The van der Waals surface area contributed by atoms with E-state index < -0.39 is 0 Å². The summed E-state index contributed by atoms with van der Waals surface area (Å²) in [7, 11) is 0. The Kier molecular flexibility index (Phi) is 5.63. The highest BCUT2D eigenvalue weighted by molar-refractivity contribution is 5.79. The molecule has 2 aromatic carbocycles. The Labute approximate surface area is 145 Å². The van der Waals surface area contributed by atoms with E-state index in [4.69, 9.17) is 0 Å². The summed E-state index contributed by atoms with van der Waals surface area (Å²) in [6.45, 7) is 2.19. The van der Waals surface area contributed by atoms with Gasteiger partial charge in [-0.25, -0.2) is 0 Å². The van der Waals surface area contributed by atoms with Crippen LogP contribution in [-0.2, 0) is 0 Å². The van der Waals surface area contributed by atoms with Gasteiger partial charge in [0.2, 0.25) is 0 Å². The van der Waals surface area contributed by atoms with Crippen LogP contribution in [0.1, 0.15) is 60.9 Å². The molecule has 0 aromatic heterocycles. The number of rotatable bonds is 5. The van der Waals surface area contributed by atoms with Gasteiger partial charge in [0.25, 0.3) is 0 Å². The number of hydrogen-bond donors (Lipinski definition) is 0. The normalized spacial score (nSPS) is 21.0. The fourth-order valence-corrected chi connectivity index (χ4v) is 3.82. The van der Waals surface area contributed by atoms with E-state index in [2.05, 4.69) is 55.5 Å². The van der Waals surface area contributed by atoms with Crippen LogP contribution in [0.3, 0.4) is 0 Å². The molecule has 0 saturated heterocycles. The lowest BCUT2D eigenvalue weighted by atomic mass is 9.76. The molecule has 1 aliphatic rings. The van der Waals surface area contributed by atoms with Crippen molar-refractivity contribution in [2.45, 2.75) is 44.9 Å². The number of allylic oxidation sites excluding steroid dienone is 2. The van der Waals surface area contributed by atoms with Crippen molar-refractivity contribution in [3.63, 3.8) is 0 Å². The van der Waals surface area contributed by atoms with Crippen molar-refractivity contribution >= 4 is 6.29 Å². The standard InChI is InChI=1S/C23H26O/c1-2-3-7-18-10-13-21(14-11-18)23-16-19(17-24)12-15-22(23)20-8-5-4-6-9-20/h3-9,12,15-18,21H,2,10-11,13-14H2,1H3. The first kappa shape index (κ1) is 16.7. The van der Waals surface area contributed by atoms with Crippen molar-refractivity contribution < 1.29 is 4.79 Å². The largest absolute Gasteiger partial charge is 0.298 e. The highest BCUT2D eigenvalue weighted by Crippen LogP contribution is 2.40. The summed E-state index contributed by atoms with van der Waals surface area (Å²) in [6.07, 6.45) is 11.7. The van der Waals surface area contributed by atoms with Gasteiger partial charge >= 0.3 is 0 Å². The Balaban J connectivity index is 1.87. The van der Waals surface area contributed by atoms with Crippen molar-refractivity contribution in [3.8, 4) is 11.1 Å². The van der Waals surface area contributed by atoms with Crippen LogP contribution in [0.2, 0.25) is 0 Å². The quantitative estimate of drug-likeness (QED) is 0.460. The van der Waals surface area contributed by atoms with E-state index in [-0.39, 0.29) is 0 Å². The maximum Gasteiger partial charge on any atom is 0.150 e. The Bertz CT molecular complexity index is 691. The smallest absolute Gasteiger partial charge is 0.150 e. The average molecular weight is 318 g/mol. The van der Waals surface area contributed by atoms with Gasteiger partial charge in [-0.1, -0.05) is 61.5 Å². The van der Waals surface area contributed by atoms with E-state index in [0.29, 0.717) is 5.92 Å². The summed E-state index contributed by atoms with van der Waals surface area (Å²) in [6, 6.07) is 16.7. The molecule has 1 saturated carbocycles. The summed E-state index contributed by atoms with van der Waals surface area (Å²) in [4.78, 5) is 11.3. The number of carbonyl (C=O) groups excluding carboxylic acids is 1. The minimum Gasteiger partial charge on any atom is -0.298 e. The second kappa shape index (κ2) is 8.10. The number of aldehydes is 1.